The average molecular weight is 555 g/mol. The Morgan fingerprint density at radius 2 is 1.77 bits per heavy atom. The number of hydrazine groups is 1. The molecule has 0 fully saturated rings. The molecule has 0 aliphatic carbocycles. The van der Waals surface area contributed by atoms with Crippen LogP contribution in [0.5, 0.6) is 5.75 Å². The van der Waals surface area contributed by atoms with Crippen molar-refractivity contribution in [2.24, 2.45) is 0 Å². The topological polar surface area (TPSA) is 106 Å². The first kappa shape index (κ1) is 24.5. The van der Waals surface area contributed by atoms with Crippen LogP contribution in [0.25, 0.3) is 0 Å². The standard InChI is InChI=1S/C21H22IN3O5S/c1-29-17-8-7-15(13-16(17)22)20(28)24-25-21(31)23-18(26)9-10-19(27)30-12-11-14-5-3-2-4-6-14/h2-8,13H,9-12H2,1H3,(H,24,28)(H2,23,25,26,31). The van der Waals surface area contributed by atoms with E-state index in [0.717, 1.165) is 9.13 Å². The van der Waals surface area contributed by atoms with E-state index in [1.807, 2.05) is 30.3 Å². The molecule has 0 radical (unpaired) electrons. The van der Waals surface area contributed by atoms with Gasteiger partial charge in [-0.3, -0.25) is 25.2 Å². The van der Waals surface area contributed by atoms with Crippen LogP contribution < -0.4 is 20.9 Å². The number of carbonyl (C=O) groups excluding carboxylic acids is 3. The van der Waals surface area contributed by atoms with Crippen LogP contribution in [0.2, 0.25) is 0 Å². The summed E-state index contributed by atoms with van der Waals surface area (Å²) < 4.78 is 11.0. The van der Waals surface area contributed by atoms with E-state index in [1.54, 1.807) is 25.3 Å². The van der Waals surface area contributed by atoms with Crippen LogP contribution >= 0.6 is 34.8 Å². The van der Waals surface area contributed by atoms with Crippen molar-refractivity contribution in [2.45, 2.75) is 19.3 Å². The second kappa shape index (κ2) is 12.8. The number of carbonyl (C=O) groups is 3. The van der Waals surface area contributed by atoms with Crippen LogP contribution in [-0.2, 0) is 20.7 Å². The Morgan fingerprint density at radius 3 is 2.45 bits per heavy atom. The molecule has 2 amide bonds. The van der Waals surface area contributed by atoms with E-state index >= 15 is 0 Å². The van der Waals surface area contributed by atoms with Gasteiger partial charge in [-0.2, -0.15) is 0 Å². The Hall–Kier alpha value is -2.73. The van der Waals surface area contributed by atoms with Gasteiger partial charge in [-0.05, 0) is 58.6 Å². The van der Waals surface area contributed by atoms with Crippen molar-refractivity contribution in [3.05, 3.63) is 63.2 Å². The second-order valence-electron chi connectivity index (χ2n) is 6.26. The molecule has 0 heterocycles. The largest absolute Gasteiger partial charge is 0.496 e. The SMILES string of the molecule is COc1ccc(C(=O)NNC(=S)NC(=O)CCC(=O)OCCc2ccccc2)cc1I. The highest BCUT2D eigenvalue weighted by molar-refractivity contribution is 14.1. The number of esters is 1. The predicted octanol–water partition coefficient (Wildman–Crippen LogP) is 2.50. The van der Waals surface area contributed by atoms with E-state index in [0.29, 0.717) is 17.7 Å². The van der Waals surface area contributed by atoms with Crippen molar-refractivity contribution >= 4 is 57.7 Å². The van der Waals surface area contributed by atoms with Gasteiger partial charge < -0.3 is 14.8 Å². The zero-order valence-corrected chi connectivity index (χ0v) is 19.7. The number of halogens is 1. The summed E-state index contributed by atoms with van der Waals surface area (Å²) in [5.41, 5.74) is 6.31. The first-order valence-electron chi connectivity index (χ1n) is 9.32. The normalized spacial score (nSPS) is 10.0. The van der Waals surface area contributed by atoms with Crippen LogP contribution in [0.4, 0.5) is 0 Å². The maximum absolute atomic E-state index is 12.2. The van der Waals surface area contributed by atoms with Crippen LogP contribution in [-0.4, -0.2) is 36.6 Å². The Kier molecular flexibility index (Phi) is 10.2. The van der Waals surface area contributed by atoms with E-state index in [2.05, 4.69) is 38.8 Å². The fourth-order valence-electron chi connectivity index (χ4n) is 2.43. The van der Waals surface area contributed by atoms with Crippen molar-refractivity contribution in [1.82, 2.24) is 16.2 Å². The molecule has 10 heteroatoms. The van der Waals surface area contributed by atoms with Crippen molar-refractivity contribution in [1.29, 1.82) is 0 Å². The van der Waals surface area contributed by atoms with Gasteiger partial charge in [0.1, 0.15) is 5.75 Å². The third-order valence-electron chi connectivity index (χ3n) is 4.01. The van der Waals surface area contributed by atoms with E-state index in [1.165, 1.54) is 0 Å². The molecule has 31 heavy (non-hydrogen) atoms. The Balaban J connectivity index is 1.64. The highest BCUT2D eigenvalue weighted by Gasteiger charge is 2.12. The number of hydrogen-bond donors (Lipinski definition) is 3. The minimum Gasteiger partial charge on any atom is -0.496 e. The molecule has 0 saturated heterocycles. The maximum atomic E-state index is 12.2. The minimum atomic E-state index is -0.467. The van der Waals surface area contributed by atoms with E-state index in [4.69, 9.17) is 21.7 Å². The molecule has 2 aromatic rings. The third kappa shape index (κ3) is 8.89. The fourth-order valence-corrected chi connectivity index (χ4v) is 3.33. The molecule has 164 valence electrons. The molecule has 0 saturated carbocycles. The molecule has 0 atom stereocenters. The van der Waals surface area contributed by atoms with Gasteiger partial charge in [0.15, 0.2) is 5.11 Å². The second-order valence-corrected chi connectivity index (χ2v) is 7.83. The highest BCUT2D eigenvalue weighted by atomic mass is 127. The first-order chi connectivity index (χ1) is 14.9. The summed E-state index contributed by atoms with van der Waals surface area (Å²) in [5.74, 6) is -0.705. The van der Waals surface area contributed by atoms with Crippen molar-refractivity contribution in [3.8, 4) is 5.75 Å². The van der Waals surface area contributed by atoms with E-state index in [-0.39, 0.29) is 24.6 Å². The molecule has 0 unspecified atom stereocenters. The van der Waals surface area contributed by atoms with Crippen molar-refractivity contribution in [3.63, 3.8) is 0 Å². The predicted molar refractivity (Wildman–Crippen MR) is 127 cm³/mol. The number of methoxy groups -OCH3 is 1. The zero-order valence-electron chi connectivity index (χ0n) is 16.8. The van der Waals surface area contributed by atoms with Crippen LogP contribution in [0, 0.1) is 3.57 Å². The zero-order chi connectivity index (χ0) is 22.6. The van der Waals surface area contributed by atoms with Crippen LogP contribution in [0.1, 0.15) is 28.8 Å². The lowest BCUT2D eigenvalue weighted by molar-refractivity contribution is -0.144. The van der Waals surface area contributed by atoms with Gasteiger partial charge in [0.25, 0.3) is 5.91 Å². The smallest absolute Gasteiger partial charge is 0.306 e. The Labute approximate surface area is 199 Å². The van der Waals surface area contributed by atoms with Gasteiger partial charge >= 0.3 is 5.97 Å². The quantitative estimate of drug-likeness (QED) is 0.199. The summed E-state index contributed by atoms with van der Waals surface area (Å²) in [6, 6.07) is 14.6. The summed E-state index contributed by atoms with van der Waals surface area (Å²) in [7, 11) is 1.55. The molecular formula is C21H22IN3O5S. The highest BCUT2D eigenvalue weighted by Crippen LogP contribution is 2.21. The lowest BCUT2D eigenvalue weighted by Crippen LogP contribution is -2.48. The van der Waals surface area contributed by atoms with Crippen LogP contribution in [0.3, 0.4) is 0 Å². The number of rotatable bonds is 8. The molecule has 8 nitrogen and oxygen atoms in total. The number of amides is 2. The number of hydrogen-bond acceptors (Lipinski definition) is 6. The lowest BCUT2D eigenvalue weighted by atomic mass is 10.2. The lowest BCUT2D eigenvalue weighted by Gasteiger charge is -2.11. The molecule has 3 N–H and O–H groups in total. The summed E-state index contributed by atoms with van der Waals surface area (Å²) in [6.07, 6.45) is 0.455. The van der Waals surface area contributed by atoms with Gasteiger partial charge in [-0.25, -0.2) is 0 Å². The summed E-state index contributed by atoms with van der Waals surface area (Å²) in [6.45, 7) is 0.251. The number of ether oxygens (including phenoxy) is 2. The Morgan fingerprint density at radius 1 is 1.03 bits per heavy atom. The summed E-state index contributed by atoms with van der Waals surface area (Å²) in [4.78, 5) is 35.8. The number of nitrogens with one attached hydrogen (secondary N) is 3. The van der Waals surface area contributed by atoms with Gasteiger partial charge in [-0.15, -0.1) is 0 Å². The van der Waals surface area contributed by atoms with Gasteiger partial charge in [0, 0.05) is 18.4 Å². The molecule has 0 aromatic heterocycles. The third-order valence-corrected chi connectivity index (χ3v) is 5.06. The molecule has 0 bridgehead atoms. The number of thiocarbonyl (C=S) groups is 1. The number of benzene rings is 2. The van der Waals surface area contributed by atoms with Gasteiger partial charge in [-0.1, -0.05) is 30.3 Å². The molecule has 0 spiro atoms. The summed E-state index contributed by atoms with van der Waals surface area (Å²) >= 11 is 7.03. The molecular weight excluding hydrogens is 533 g/mol. The van der Waals surface area contributed by atoms with Crippen molar-refractivity contribution in [2.75, 3.05) is 13.7 Å². The first-order valence-corrected chi connectivity index (χ1v) is 10.8. The minimum absolute atomic E-state index is 0.0696. The van der Waals surface area contributed by atoms with Gasteiger partial charge in [0.05, 0.1) is 23.7 Å². The average Bonchev–Trinajstić information content (AvgIpc) is 2.76. The van der Waals surface area contributed by atoms with Crippen LogP contribution in [0.15, 0.2) is 48.5 Å². The maximum Gasteiger partial charge on any atom is 0.306 e. The van der Waals surface area contributed by atoms with Gasteiger partial charge in [0.2, 0.25) is 5.91 Å². The molecule has 0 aliphatic heterocycles. The van der Waals surface area contributed by atoms with Crippen molar-refractivity contribution < 1.29 is 23.9 Å². The molecule has 2 aromatic carbocycles. The Bertz CT molecular complexity index is 940. The molecule has 0 aliphatic rings. The molecule has 2 rings (SSSR count). The monoisotopic (exact) mass is 555 g/mol. The van der Waals surface area contributed by atoms with E-state index < -0.39 is 17.8 Å². The van der Waals surface area contributed by atoms with E-state index in [9.17, 15) is 14.4 Å². The fraction of sp³-hybridized carbons (Fsp3) is 0.238. The summed E-state index contributed by atoms with van der Waals surface area (Å²) in [5, 5.41) is 2.31.